The van der Waals surface area contributed by atoms with Gasteiger partial charge in [-0.25, -0.2) is 9.59 Å². The molecule has 0 aromatic heterocycles. The molecule has 1 aliphatic heterocycles. The van der Waals surface area contributed by atoms with Gasteiger partial charge in [0.2, 0.25) is 0 Å². The fourth-order valence-electron chi connectivity index (χ4n) is 3.41. The number of anilines is 1. The van der Waals surface area contributed by atoms with Gasteiger partial charge in [0, 0.05) is 18.7 Å². The van der Waals surface area contributed by atoms with Crippen LogP contribution in [-0.2, 0) is 14.3 Å². The van der Waals surface area contributed by atoms with Gasteiger partial charge in [-0.3, -0.25) is 0 Å². The quantitative estimate of drug-likeness (QED) is 0.794. The van der Waals surface area contributed by atoms with E-state index in [1.165, 1.54) is 7.11 Å². The second kappa shape index (κ2) is 8.61. The first-order valence-corrected chi connectivity index (χ1v) is 9.16. The van der Waals surface area contributed by atoms with Gasteiger partial charge >= 0.3 is 11.9 Å². The molecule has 2 aromatic carbocycles. The van der Waals surface area contributed by atoms with E-state index in [4.69, 9.17) is 9.47 Å². The predicted molar refractivity (Wildman–Crippen MR) is 105 cm³/mol. The molecule has 28 heavy (non-hydrogen) atoms. The SMILES string of the molecule is CCOC(=O)C1=C(O)CCN(c2ccc(C(=O)OC)cc2)C1c1ccccc1. The molecule has 1 unspecified atom stereocenters. The summed E-state index contributed by atoms with van der Waals surface area (Å²) in [7, 11) is 1.34. The number of esters is 2. The van der Waals surface area contributed by atoms with Crippen LogP contribution in [0.2, 0.25) is 0 Å². The second-order valence-corrected chi connectivity index (χ2v) is 6.38. The van der Waals surface area contributed by atoms with Crippen LogP contribution in [-0.4, -0.2) is 37.3 Å². The topological polar surface area (TPSA) is 76.1 Å². The molecule has 146 valence electrons. The Morgan fingerprint density at radius 3 is 2.36 bits per heavy atom. The van der Waals surface area contributed by atoms with E-state index in [1.54, 1.807) is 19.1 Å². The van der Waals surface area contributed by atoms with E-state index >= 15 is 0 Å². The molecule has 1 aliphatic rings. The van der Waals surface area contributed by atoms with Crippen molar-refractivity contribution >= 4 is 17.6 Å². The molecule has 1 N–H and O–H groups in total. The van der Waals surface area contributed by atoms with Crippen molar-refractivity contribution in [3.63, 3.8) is 0 Å². The average Bonchev–Trinajstić information content (AvgIpc) is 2.73. The number of rotatable bonds is 5. The van der Waals surface area contributed by atoms with Crippen LogP contribution in [0.5, 0.6) is 0 Å². The molecular formula is C22H23NO5. The molecule has 0 spiro atoms. The van der Waals surface area contributed by atoms with Crippen molar-refractivity contribution in [2.75, 3.05) is 25.2 Å². The number of hydrogen-bond donors (Lipinski definition) is 1. The maximum atomic E-state index is 12.6. The monoisotopic (exact) mass is 381 g/mol. The lowest BCUT2D eigenvalue weighted by atomic mass is 9.91. The summed E-state index contributed by atoms with van der Waals surface area (Å²) in [4.78, 5) is 26.4. The van der Waals surface area contributed by atoms with Crippen molar-refractivity contribution in [3.05, 3.63) is 77.1 Å². The Kier molecular flexibility index (Phi) is 5.99. The van der Waals surface area contributed by atoms with E-state index in [0.717, 1.165) is 11.3 Å². The zero-order valence-corrected chi connectivity index (χ0v) is 15.9. The highest BCUT2D eigenvalue weighted by Crippen LogP contribution is 2.39. The van der Waals surface area contributed by atoms with E-state index in [0.29, 0.717) is 18.5 Å². The molecule has 6 heteroatoms. The van der Waals surface area contributed by atoms with Gasteiger partial charge in [0.1, 0.15) is 11.3 Å². The van der Waals surface area contributed by atoms with Gasteiger partial charge < -0.3 is 19.5 Å². The highest BCUT2D eigenvalue weighted by atomic mass is 16.5. The first-order chi connectivity index (χ1) is 13.6. The summed E-state index contributed by atoms with van der Waals surface area (Å²) < 4.78 is 9.96. The normalized spacial score (nSPS) is 16.6. The van der Waals surface area contributed by atoms with E-state index in [9.17, 15) is 14.7 Å². The number of aliphatic hydroxyl groups excluding tert-OH is 1. The Bertz CT molecular complexity index is 874. The minimum absolute atomic E-state index is 0.0507. The third-order valence-electron chi connectivity index (χ3n) is 4.72. The Morgan fingerprint density at radius 2 is 1.75 bits per heavy atom. The van der Waals surface area contributed by atoms with E-state index in [1.807, 2.05) is 47.4 Å². The molecule has 0 saturated heterocycles. The van der Waals surface area contributed by atoms with E-state index in [2.05, 4.69) is 0 Å². The Hall–Kier alpha value is -3.28. The highest BCUT2D eigenvalue weighted by molar-refractivity contribution is 5.92. The predicted octanol–water partition coefficient (Wildman–Crippen LogP) is 3.80. The van der Waals surface area contributed by atoms with Gasteiger partial charge in [-0.15, -0.1) is 0 Å². The van der Waals surface area contributed by atoms with Crippen LogP contribution in [0.15, 0.2) is 65.9 Å². The van der Waals surface area contributed by atoms with Gasteiger partial charge in [-0.2, -0.15) is 0 Å². The van der Waals surface area contributed by atoms with Crippen molar-refractivity contribution < 1.29 is 24.2 Å². The molecule has 0 fully saturated rings. The summed E-state index contributed by atoms with van der Waals surface area (Å²) in [6.07, 6.45) is 0.330. The number of methoxy groups -OCH3 is 1. The van der Waals surface area contributed by atoms with Crippen molar-refractivity contribution in [1.82, 2.24) is 0 Å². The van der Waals surface area contributed by atoms with Crippen LogP contribution < -0.4 is 4.90 Å². The lowest BCUT2D eigenvalue weighted by molar-refractivity contribution is -0.139. The molecule has 6 nitrogen and oxygen atoms in total. The summed E-state index contributed by atoms with van der Waals surface area (Å²) in [6, 6.07) is 16.0. The average molecular weight is 381 g/mol. The maximum absolute atomic E-state index is 12.6. The Labute approximate surface area is 164 Å². The van der Waals surface area contributed by atoms with Crippen molar-refractivity contribution in [2.45, 2.75) is 19.4 Å². The minimum Gasteiger partial charge on any atom is -0.512 e. The summed E-state index contributed by atoms with van der Waals surface area (Å²) >= 11 is 0. The number of aliphatic hydroxyl groups is 1. The molecule has 0 aliphatic carbocycles. The molecule has 2 aromatic rings. The van der Waals surface area contributed by atoms with Crippen LogP contribution >= 0.6 is 0 Å². The number of hydrogen-bond acceptors (Lipinski definition) is 6. The molecular weight excluding hydrogens is 358 g/mol. The fourth-order valence-corrected chi connectivity index (χ4v) is 3.41. The van der Waals surface area contributed by atoms with Crippen LogP contribution in [0.25, 0.3) is 0 Å². The standard InChI is InChI=1S/C22H23NO5/c1-3-28-22(26)19-18(24)13-14-23(20(19)15-7-5-4-6-8-15)17-11-9-16(10-12-17)21(25)27-2/h4-12,20,24H,3,13-14H2,1-2H3. The maximum Gasteiger partial charge on any atom is 0.339 e. The summed E-state index contributed by atoms with van der Waals surface area (Å²) in [6.45, 7) is 2.48. The molecule has 0 bridgehead atoms. The molecule has 1 heterocycles. The zero-order valence-electron chi connectivity index (χ0n) is 15.9. The van der Waals surface area contributed by atoms with Crippen molar-refractivity contribution in [2.24, 2.45) is 0 Å². The van der Waals surface area contributed by atoms with Crippen LogP contribution in [0.3, 0.4) is 0 Å². The molecule has 1 atom stereocenters. The Balaban J connectivity index is 2.04. The summed E-state index contributed by atoms with van der Waals surface area (Å²) in [5.74, 6) is -0.881. The summed E-state index contributed by atoms with van der Waals surface area (Å²) in [5, 5.41) is 10.5. The minimum atomic E-state index is -0.523. The molecule has 0 amide bonds. The number of ether oxygens (including phenoxy) is 2. The van der Waals surface area contributed by atoms with Crippen LogP contribution in [0.4, 0.5) is 5.69 Å². The second-order valence-electron chi connectivity index (χ2n) is 6.38. The zero-order chi connectivity index (χ0) is 20.1. The van der Waals surface area contributed by atoms with Gasteiger partial charge in [0.15, 0.2) is 0 Å². The van der Waals surface area contributed by atoms with Gasteiger partial charge in [-0.05, 0) is 36.8 Å². The van der Waals surface area contributed by atoms with Gasteiger partial charge in [0.05, 0.1) is 25.3 Å². The summed E-state index contributed by atoms with van der Waals surface area (Å²) in [5.41, 5.74) is 2.39. The Morgan fingerprint density at radius 1 is 1.07 bits per heavy atom. The lowest BCUT2D eigenvalue weighted by Crippen LogP contribution is -2.38. The third-order valence-corrected chi connectivity index (χ3v) is 4.72. The van der Waals surface area contributed by atoms with Crippen LogP contribution in [0.1, 0.15) is 35.3 Å². The number of benzene rings is 2. The first kappa shape index (κ1) is 19.5. The third kappa shape index (κ3) is 3.86. The van der Waals surface area contributed by atoms with Crippen LogP contribution in [0, 0.1) is 0 Å². The van der Waals surface area contributed by atoms with Crippen molar-refractivity contribution in [3.8, 4) is 0 Å². The molecule has 0 radical (unpaired) electrons. The number of nitrogens with zero attached hydrogens (tertiary/aromatic N) is 1. The highest BCUT2D eigenvalue weighted by Gasteiger charge is 2.36. The molecule has 0 saturated carbocycles. The number of carbonyl (C=O) groups excluding carboxylic acids is 2. The fraction of sp³-hybridized carbons (Fsp3) is 0.273. The van der Waals surface area contributed by atoms with E-state index < -0.39 is 18.0 Å². The largest absolute Gasteiger partial charge is 0.512 e. The van der Waals surface area contributed by atoms with E-state index in [-0.39, 0.29) is 17.9 Å². The van der Waals surface area contributed by atoms with Gasteiger partial charge in [-0.1, -0.05) is 30.3 Å². The smallest absolute Gasteiger partial charge is 0.339 e. The first-order valence-electron chi connectivity index (χ1n) is 9.16. The van der Waals surface area contributed by atoms with Crippen molar-refractivity contribution in [1.29, 1.82) is 0 Å². The lowest BCUT2D eigenvalue weighted by Gasteiger charge is -2.38. The number of carbonyl (C=O) groups is 2. The molecule has 3 rings (SSSR count). The van der Waals surface area contributed by atoms with Gasteiger partial charge in [0.25, 0.3) is 0 Å².